The number of hydrogen-bond acceptors (Lipinski definition) is 5. The molecule has 0 saturated carbocycles. The van der Waals surface area contributed by atoms with E-state index in [1.807, 2.05) is 55.5 Å². The number of fused-ring (bicyclic) bond motifs is 1. The first-order valence-electron chi connectivity index (χ1n) is 9.28. The van der Waals surface area contributed by atoms with Crippen LogP contribution in [0.3, 0.4) is 0 Å². The molecule has 0 bridgehead atoms. The molecule has 1 aromatic heterocycles. The molecule has 0 aliphatic rings. The molecule has 0 fully saturated rings. The lowest BCUT2D eigenvalue weighted by molar-refractivity contribution is 0.100. The van der Waals surface area contributed by atoms with E-state index in [1.54, 1.807) is 6.07 Å². The summed E-state index contributed by atoms with van der Waals surface area (Å²) in [5.41, 5.74) is 13.3. The fraction of sp³-hybridized carbons (Fsp3) is 0.190. The first-order valence-corrected chi connectivity index (χ1v) is 11.1. The van der Waals surface area contributed by atoms with Crippen molar-refractivity contribution in [3.63, 3.8) is 0 Å². The van der Waals surface area contributed by atoms with Crippen LogP contribution in [0.5, 0.6) is 5.75 Å². The first-order chi connectivity index (χ1) is 14.6. The van der Waals surface area contributed by atoms with Crippen molar-refractivity contribution in [1.82, 2.24) is 4.98 Å². The molecule has 0 spiro atoms. The molecule has 1 heterocycles. The summed E-state index contributed by atoms with van der Waals surface area (Å²) in [4.78, 5) is 21.0. The number of pyridine rings is 1. The summed E-state index contributed by atoms with van der Waals surface area (Å²) in [7, 11) is -3.67. The molecule has 3 rings (SSSR count). The van der Waals surface area contributed by atoms with Crippen molar-refractivity contribution in [2.75, 3.05) is 12.9 Å². The number of ether oxygens (including phenoxy) is 1. The average molecular weight is 445 g/mol. The van der Waals surface area contributed by atoms with Crippen molar-refractivity contribution < 1.29 is 22.5 Å². The van der Waals surface area contributed by atoms with Crippen LogP contribution in [0.1, 0.15) is 23.7 Å². The van der Waals surface area contributed by atoms with Gasteiger partial charge in [-0.1, -0.05) is 49.4 Å². The van der Waals surface area contributed by atoms with Crippen molar-refractivity contribution in [3.05, 3.63) is 60.2 Å². The lowest BCUT2D eigenvalue weighted by Gasteiger charge is -2.12. The molecule has 3 aromatic rings. The van der Waals surface area contributed by atoms with Gasteiger partial charge in [0.25, 0.3) is 16.0 Å². The molecule has 0 unspecified atom stereocenters. The van der Waals surface area contributed by atoms with E-state index in [0.717, 1.165) is 12.0 Å². The third-order valence-corrected chi connectivity index (χ3v) is 3.79. The van der Waals surface area contributed by atoms with Gasteiger partial charge in [0.05, 0.1) is 24.1 Å². The summed E-state index contributed by atoms with van der Waals surface area (Å²) in [5, 5.41) is 0.647. The molecular formula is C21H24N4O5S. The zero-order chi connectivity index (χ0) is 23.0. The summed E-state index contributed by atoms with van der Waals surface area (Å²) < 4.78 is 31.7. The van der Waals surface area contributed by atoms with Crippen LogP contribution in [0.25, 0.3) is 22.2 Å². The van der Waals surface area contributed by atoms with E-state index < -0.39 is 16.0 Å². The van der Waals surface area contributed by atoms with E-state index in [0.29, 0.717) is 40.8 Å². The number of benzene rings is 2. The largest absolute Gasteiger partial charge is 0.491 e. The Morgan fingerprint density at radius 2 is 1.77 bits per heavy atom. The maximum atomic E-state index is 12.6. The Balaban J connectivity index is 0.000000614. The summed E-state index contributed by atoms with van der Waals surface area (Å²) in [6, 6.07) is 16.8. The monoisotopic (exact) mass is 444 g/mol. The van der Waals surface area contributed by atoms with E-state index in [9.17, 15) is 13.2 Å². The van der Waals surface area contributed by atoms with E-state index in [4.69, 9.17) is 25.7 Å². The van der Waals surface area contributed by atoms with Crippen LogP contribution in [-0.2, 0) is 10.1 Å². The fourth-order valence-corrected chi connectivity index (χ4v) is 2.66. The SMILES string of the molecule is CCCOc1cccc2c(C(=O)N=C(N)N)cc(-c3ccccc3)nc12.CS(=O)(=O)O. The molecular weight excluding hydrogens is 420 g/mol. The van der Waals surface area contributed by atoms with Gasteiger partial charge in [0.15, 0.2) is 5.96 Å². The van der Waals surface area contributed by atoms with E-state index in [1.165, 1.54) is 0 Å². The van der Waals surface area contributed by atoms with Crippen LogP contribution in [0.15, 0.2) is 59.6 Å². The molecule has 0 saturated heterocycles. The number of nitrogens with two attached hydrogens (primary N) is 2. The Hall–Kier alpha value is -3.50. The van der Waals surface area contributed by atoms with Gasteiger partial charge in [-0.05, 0) is 18.6 Å². The lowest BCUT2D eigenvalue weighted by atomic mass is 10.0. The minimum absolute atomic E-state index is 0.278. The number of hydrogen-bond donors (Lipinski definition) is 3. The minimum atomic E-state index is -3.67. The highest BCUT2D eigenvalue weighted by Crippen LogP contribution is 2.31. The van der Waals surface area contributed by atoms with Gasteiger partial charge in [0.2, 0.25) is 0 Å². The van der Waals surface area contributed by atoms with Crippen molar-refractivity contribution in [2.45, 2.75) is 13.3 Å². The Morgan fingerprint density at radius 1 is 1.13 bits per heavy atom. The molecule has 1 amide bonds. The van der Waals surface area contributed by atoms with Crippen molar-refractivity contribution in [1.29, 1.82) is 0 Å². The molecule has 0 atom stereocenters. The number of aromatic nitrogens is 1. The third kappa shape index (κ3) is 7.36. The highest BCUT2D eigenvalue weighted by Gasteiger charge is 2.16. The van der Waals surface area contributed by atoms with Crippen LogP contribution in [0, 0.1) is 0 Å². The smallest absolute Gasteiger partial charge is 0.280 e. The highest BCUT2D eigenvalue weighted by atomic mass is 32.2. The topological polar surface area (TPSA) is 158 Å². The molecule has 164 valence electrons. The maximum absolute atomic E-state index is 12.6. The number of aliphatic imine (C=N–C) groups is 1. The Bertz CT molecular complexity index is 1180. The molecule has 31 heavy (non-hydrogen) atoms. The lowest BCUT2D eigenvalue weighted by Crippen LogP contribution is -2.24. The Morgan fingerprint density at radius 3 is 2.35 bits per heavy atom. The molecule has 0 radical (unpaired) electrons. The van der Waals surface area contributed by atoms with Crippen LogP contribution < -0.4 is 16.2 Å². The summed E-state index contributed by atoms with van der Waals surface area (Å²) in [6.45, 7) is 2.59. The van der Waals surface area contributed by atoms with Crippen LogP contribution >= 0.6 is 0 Å². The Labute approximate surface area is 180 Å². The van der Waals surface area contributed by atoms with Crippen LogP contribution in [0.2, 0.25) is 0 Å². The zero-order valence-corrected chi connectivity index (χ0v) is 18.0. The molecule has 5 N–H and O–H groups in total. The number of para-hydroxylation sites is 1. The van der Waals surface area contributed by atoms with Crippen molar-refractivity contribution >= 4 is 32.9 Å². The summed E-state index contributed by atoms with van der Waals surface area (Å²) in [6.07, 6.45) is 1.58. The van der Waals surface area contributed by atoms with Gasteiger partial charge in [0, 0.05) is 10.9 Å². The first kappa shape index (κ1) is 23.8. The number of rotatable bonds is 5. The van der Waals surface area contributed by atoms with E-state index >= 15 is 0 Å². The standard InChI is InChI=1S/C20H20N4O2.CH4O3S/c1-2-11-26-17-10-6-9-14-15(19(25)24-20(21)22)12-16(23-18(14)17)13-7-4-3-5-8-13;1-5(2,3)4/h3-10,12H,2,11H2,1H3,(H4,21,22,24,25);1H3,(H,2,3,4). The van der Waals surface area contributed by atoms with Gasteiger partial charge in [-0.15, -0.1) is 0 Å². The van der Waals surface area contributed by atoms with Crippen molar-refractivity contribution in [3.8, 4) is 17.0 Å². The quantitative estimate of drug-likeness (QED) is 0.308. The highest BCUT2D eigenvalue weighted by molar-refractivity contribution is 7.85. The normalized spacial score (nSPS) is 10.7. The van der Waals surface area contributed by atoms with Gasteiger partial charge in [-0.3, -0.25) is 9.35 Å². The second-order valence-corrected chi connectivity index (χ2v) is 7.96. The van der Waals surface area contributed by atoms with Crippen LogP contribution in [0.4, 0.5) is 0 Å². The number of nitrogens with zero attached hydrogens (tertiary/aromatic N) is 2. The molecule has 0 aliphatic heterocycles. The summed E-state index contributed by atoms with van der Waals surface area (Å²) in [5.74, 6) is -0.164. The van der Waals surface area contributed by atoms with E-state index in [-0.39, 0.29) is 5.96 Å². The van der Waals surface area contributed by atoms with Gasteiger partial charge >= 0.3 is 0 Å². The fourth-order valence-electron chi connectivity index (χ4n) is 2.66. The minimum Gasteiger partial charge on any atom is -0.491 e. The second-order valence-electron chi connectivity index (χ2n) is 6.50. The maximum Gasteiger partial charge on any atom is 0.280 e. The second kappa shape index (κ2) is 10.5. The number of carbonyl (C=O) groups excluding carboxylic acids is 1. The Kier molecular flexibility index (Phi) is 8.06. The molecule has 2 aromatic carbocycles. The number of carbonyl (C=O) groups is 1. The number of amides is 1. The zero-order valence-electron chi connectivity index (χ0n) is 17.1. The molecule has 10 heteroatoms. The van der Waals surface area contributed by atoms with Gasteiger partial charge in [0.1, 0.15) is 11.3 Å². The van der Waals surface area contributed by atoms with Gasteiger partial charge in [-0.25, -0.2) is 4.98 Å². The number of guanidine groups is 1. The van der Waals surface area contributed by atoms with Gasteiger partial charge < -0.3 is 16.2 Å². The summed E-state index contributed by atoms with van der Waals surface area (Å²) >= 11 is 0. The third-order valence-electron chi connectivity index (χ3n) is 3.79. The molecule has 0 aliphatic carbocycles. The van der Waals surface area contributed by atoms with Crippen molar-refractivity contribution in [2.24, 2.45) is 16.5 Å². The van der Waals surface area contributed by atoms with Gasteiger partial charge in [-0.2, -0.15) is 13.4 Å². The van der Waals surface area contributed by atoms with E-state index in [2.05, 4.69) is 4.99 Å². The average Bonchev–Trinajstić information content (AvgIpc) is 2.70. The predicted octanol–water partition coefficient (Wildman–Crippen LogP) is 2.61. The predicted molar refractivity (Wildman–Crippen MR) is 121 cm³/mol. The van der Waals surface area contributed by atoms with Crippen LogP contribution in [-0.4, -0.2) is 42.7 Å². The molecule has 9 nitrogen and oxygen atoms in total.